The Morgan fingerprint density at radius 2 is 1.73 bits per heavy atom. The molecule has 3 rings (SSSR count). The SMILES string of the molecule is CCOc1cc(CNC[C@H](O)c2ccccc2)cc(Br)c1OCc1ccccc1C. The molecule has 0 amide bonds. The average Bonchev–Trinajstić information content (AvgIpc) is 2.75. The maximum absolute atomic E-state index is 10.3. The maximum Gasteiger partial charge on any atom is 0.175 e. The van der Waals surface area contributed by atoms with Gasteiger partial charge in [-0.3, -0.25) is 0 Å². The van der Waals surface area contributed by atoms with Gasteiger partial charge in [0.05, 0.1) is 17.2 Å². The van der Waals surface area contributed by atoms with E-state index >= 15 is 0 Å². The largest absolute Gasteiger partial charge is 0.490 e. The van der Waals surface area contributed by atoms with Gasteiger partial charge >= 0.3 is 0 Å². The number of hydrogen-bond acceptors (Lipinski definition) is 4. The van der Waals surface area contributed by atoms with E-state index in [2.05, 4.69) is 40.3 Å². The highest BCUT2D eigenvalue weighted by atomic mass is 79.9. The summed E-state index contributed by atoms with van der Waals surface area (Å²) in [6.45, 7) is 6.15. The molecular weight excluding hydrogens is 442 g/mol. The fourth-order valence-corrected chi connectivity index (χ4v) is 3.80. The van der Waals surface area contributed by atoms with Crippen LogP contribution in [0, 0.1) is 6.92 Å². The minimum Gasteiger partial charge on any atom is -0.490 e. The number of ether oxygens (including phenoxy) is 2. The highest BCUT2D eigenvalue weighted by Gasteiger charge is 2.14. The lowest BCUT2D eigenvalue weighted by Gasteiger charge is -2.17. The van der Waals surface area contributed by atoms with Gasteiger partial charge in [-0.25, -0.2) is 0 Å². The van der Waals surface area contributed by atoms with Crippen LogP contribution >= 0.6 is 15.9 Å². The predicted octanol–water partition coefficient (Wildman–Crippen LogP) is 5.56. The number of benzene rings is 3. The van der Waals surface area contributed by atoms with Crippen molar-refractivity contribution in [1.82, 2.24) is 5.32 Å². The van der Waals surface area contributed by atoms with Gasteiger partial charge in [0.1, 0.15) is 6.61 Å². The van der Waals surface area contributed by atoms with Crippen LogP contribution < -0.4 is 14.8 Å². The van der Waals surface area contributed by atoms with Crippen LogP contribution in [-0.2, 0) is 13.2 Å². The van der Waals surface area contributed by atoms with Crippen molar-refractivity contribution in [2.24, 2.45) is 0 Å². The van der Waals surface area contributed by atoms with E-state index in [1.807, 2.05) is 61.5 Å². The summed E-state index contributed by atoms with van der Waals surface area (Å²) in [7, 11) is 0. The Morgan fingerprint density at radius 3 is 2.47 bits per heavy atom. The first-order valence-electron chi connectivity index (χ1n) is 10.1. The second-order valence-corrected chi connectivity index (χ2v) is 7.96. The number of rotatable bonds is 10. The number of halogens is 1. The van der Waals surface area contributed by atoms with E-state index in [-0.39, 0.29) is 0 Å². The van der Waals surface area contributed by atoms with Crippen molar-refractivity contribution < 1.29 is 14.6 Å². The highest BCUT2D eigenvalue weighted by molar-refractivity contribution is 9.10. The van der Waals surface area contributed by atoms with Gasteiger partial charge in [0, 0.05) is 13.1 Å². The molecule has 158 valence electrons. The Morgan fingerprint density at radius 1 is 1.00 bits per heavy atom. The quantitative estimate of drug-likeness (QED) is 0.408. The fraction of sp³-hybridized carbons (Fsp3) is 0.280. The fourth-order valence-electron chi connectivity index (χ4n) is 3.19. The van der Waals surface area contributed by atoms with Crippen LogP contribution in [0.15, 0.2) is 71.2 Å². The number of nitrogens with one attached hydrogen (secondary N) is 1. The summed E-state index contributed by atoms with van der Waals surface area (Å²) >= 11 is 3.64. The van der Waals surface area contributed by atoms with Gasteiger partial charge in [-0.05, 0) is 64.2 Å². The Labute approximate surface area is 187 Å². The molecule has 0 radical (unpaired) electrons. The molecule has 0 saturated carbocycles. The van der Waals surface area contributed by atoms with Gasteiger partial charge in [0.2, 0.25) is 0 Å². The average molecular weight is 470 g/mol. The van der Waals surface area contributed by atoms with Crippen LogP contribution in [0.3, 0.4) is 0 Å². The van der Waals surface area contributed by atoms with Gasteiger partial charge < -0.3 is 19.9 Å². The van der Waals surface area contributed by atoms with Gasteiger partial charge in [-0.1, -0.05) is 54.6 Å². The number of aliphatic hydroxyl groups excluding tert-OH is 1. The van der Waals surface area contributed by atoms with E-state index in [9.17, 15) is 5.11 Å². The summed E-state index contributed by atoms with van der Waals surface area (Å²) in [5.41, 5.74) is 4.30. The van der Waals surface area contributed by atoms with Crippen molar-refractivity contribution in [2.75, 3.05) is 13.2 Å². The topological polar surface area (TPSA) is 50.7 Å². The molecule has 0 aliphatic carbocycles. The molecule has 0 aromatic heterocycles. The van der Waals surface area contributed by atoms with Crippen LogP contribution in [0.1, 0.15) is 35.3 Å². The molecule has 1 atom stereocenters. The van der Waals surface area contributed by atoms with Gasteiger partial charge in [0.15, 0.2) is 11.5 Å². The minimum atomic E-state index is -0.544. The third kappa shape index (κ3) is 6.08. The molecule has 4 nitrogen and oxygen atoms in total. The van der Waals surface area contributed by atoms with Crippen molar-refractivity contribution in [2.45, 2.75) is 33.1 Å². The lowest BCUT2D eigenvalue weighted by Crippen LogP contribution is -2.21. The summed E-state index contributed by atoms with van der Waals surface area (Å²) < 4.78 is 12.8. The summed E-state index contributed by atoms with van der Waals surface area (Å²) in [5, 5.41) is 13.6. The van der Waals surface area contributed by atoms with Crippen LogP contribution in [0.2, 0.25) is 0 Å². The van der Waals surface area contributed by atoms with E-state index in [1.54, 1.807) is 0 Å². The summed E-state index contributed by atoms with van der Waals surface area (Å²) in [6, 6.07) is 21.9. The minimum absolute atomic E-state index is 0.469. The van der Waals surface area contributed by atoms with Crippen molar-refractivity contribution in [3.8, 4) is 11.5 Å². The lowest BCUT2D eigenvalue weighted by molar-refractivity contribution is 0.174. The number of hydrogen-bond donors (Lipinski definition) is 2. The smallest absolute Gasteiger partial charge is 0.175 e. The lowest BCUT2D eigenvalue weighted by atomic mass is 10.1. The highest BCUT2D eigenvalue weighted by Crippen LogP contribution is 2.37. The van der Waals surface area contributed by atoms with Crippen LogP contribution in [-0.4, -0.2) is 18.3 Å². The van der Waals surface area contributed by atoms with Crippen molar-refractivity contribution in [3.05, 3.63) is 93.5 Å². The molecule has 30 heavy (non-hydrogen) atoms. The first-order chi connectivity index (χ1) is 14.6. The molecule has 0 aliphatic rings. The van der Waals surface area contributed by atoms with Crippen molar-refractivity contribution in [1.29, 1.82) is 0 Å². The monoisotopic (exact) mass is 469 g/mol. The van der Waals surface area contributed by atoms with Gasteiger partial charge in [0.25, 0.3) is 0 Å². The second-order valence-electron chi connectivity index (χ2n) is 7.11. The molecule has 2 N–H and O–H groups in total. The summed E-state index contributed by atoms with van der Waals surface area (Å²) in [4.78, 5) is 0. The zero-order valence-electron chi connectivity index (χ0n) is 17.4. The molecule has 0 saturated heterocycles. The van der Waals surface area contributed by atoms with Crippen molar-refractivity contribution in [3.63, 3.8) is 0 Å². The molecule has 0 bridgehead atoms. The second kappa shape index (κ2) is 11.2. The number of aliphatic hydroxyl groups is 1. The molecule has 3 aromatic carbocycles. The molecule has 0 fully saturated rings. The summed E-state index contributed by atoms with van der Waals surface area (Å²) in [6.07, 6.45) is -0.544. The van der Waals surface area contributed by atoms with E-state index in [4.69, 9.17) is 9.47 Å². The van der Waals surface area contributed by atoms with Crippen LogP contribution in [0.4, 0.5) is 0 Å². The predicted molar refractivity (Wildman–Crippen MR) is 124 cm³/mol. The molecular formula is C25H28BrNO3. The Balaban J connectivity index is 1.65. The van der Waals surface area contributed by atoms with Gasteiger partial charge in [-0.2, -0.15) is 0 Å². The van der Waals surface area contributed by atoms with Gasteiger partial charge in [-0.15, -0.1) is 0 Å². The molecule has 5 heteroatoms. The first-order valence-corrected chi connectivity index (χ1v) is 10.9. The van der Waals surface area contributed by atoms with Crippen molar-refractivity contribution >= 4 is 15.9 Å². The number of aryl methyl sites for hydroxylation is 1. The Kier molecular flexibility index (Phi) is 8.31. The molecule has 3 aromatic rings. The van der Waals surface area contributed by atoms with Crippen LogP contribution in [0.5, 0.6) is 11.5 Å². The molecule has 0 unspecified atom stereocenters. The normalized spacial score (nSPS) is 11.9. The van der Waals surface area contributed by atoms with E-state index in [1.165, 1.54) is 5.56 Å². The Bertz CT molecular complexity index is 946. The van der Waals surface area contributed by atoms with E-state index in [0.29, 0.717) is 37.8 Å². The Hall–Kier alpha value is -2.34. The summed E-state index contributed by atoms with van der Waals surface area (Å²) in [5.74, 6) is 1.41. The molecule has 0 spiro atoms. The first kappa shape index (κ1) is 22.3. The van der Waals surface area contributed by atoms with E-state index in [0.717, 1.165) is 21.2 Å². The maximum atomic E-state index is 10.3. The third-order valence-electron chi connectivity index (χ3n) is 4.85. The zero-order chi connectivity index (χ0) is 21.3. The standard InChI is InChI=1S/C25H28BrNO3/c1-3-29-24-14-19(15-27-16-23(28)20-10-5-4-6-11-20)13-22(26)25(24)30-17-21-12-8-7-9-18(21)2/h4-14,23,27-28H,3,15-17H2,1-2H3/t23-/m0/s1. The van der Waals surface area contributed by atoms with Crippen LogP contribution in [0.25, 0.3) is 0 Å². The molecule has 0 heterocycles. The van der Waals surface area contributed by atoms with E-state index < -0.39 is 6.10 Å². The third-order valence-corrected chi connectivity index (χ3v) is 5.44. The molecule has 0 aliphatic heterocycles. The zero-order valence-corrected chi connectivity index (χ0v) is 19.0.